The Balaban J connectivity index is 1.53. The molecule has 1 aromatic heterocycles. The summed E-state index contributed by atoms with van der Waals surface area (Å²) >= 11 is 0. The van der Waals surface area contributed by atoms with Crippen molar-refractivity contribution in [2.75, 3.05) is 6.54 Å². The van der Waals surface area contributed by atoms with Gasteiger partial charge in [-0.15, -0.1) is 0 Å². The van der Waals surface area contributed by atoms with Gasteiger partial charge in [0.25, 0.3) is 0 Å². The van der Waals surface area contributed by atoms with Crippen molar-refractivity contribution < 1.29 is 9.59 Å². The number of para-hydroxylation sites is 2. The van der Waals surface area contributed by atoms with Crippen LogP contribution in [0.15, 0.2) is 54.9 Å². The van der Waals surface area contributed by atoms with Crippen molar-refractivity contribution in [3.05, 3.63) is 66.0 Å². The molecule has 0 saturated heterocycles. The lowest BCUT2D eigenvalue weighted by Crippen LogP contribution is -2.47. The number of nitrogens with two attached hydrogens (primary N) is 1. The van der Waals surface area contributed by atoms with Crippen LogP contribution in [0.5, 0.6) is 0 Å². The predicted molar refractivity (Wildman–Crippen MR) is 113 cm³/mol. The van der Waals surface area contributed by atoms with Crippen molar-refractivity contribution in [3.63, 3.8) is 0 Å². The number of hydrogen-bond acceptors (Lipinski definition) is 4. The molecule has 0 fully saturated rings. The molecule has 0 unspecified atom stereocenters. The fourth-order valence-electron chi connectivity index (χ4n) is 3.02. The van der Waals surface area contributed by atoms with Crippen LogP contribution in [0.25, 0.3) is 11.0 Å². The maximum Gasteiger partial charge on any atom is 0.239 e. The van der Waals surface area contributed by atoms with Crippen molar-refractivity contribution in [2.24, 2.45) is 11.7 Å². The van der Waals surface area contributed by atoms with E-state index in [0.29, 0.717) is 13.1 Å². The molecular weight excluding hydrogens is 366 g/mol. The summed E-state index contributed by atoms with van der Waals surface area (Å²) in [6.45, 7) is 4.74. The Kier molecular flexibility index (Phi) is 6.61. The van der Waals surface area contributed by atoms with Crippen LogP contribution in [-0.4, -0.2) is 34.0 Å². The lowest BCUT2D eigenvalue weighted by Gasteiger charge is -2.15. The highest BCUT2D eigenvalue weighted by atomic mass is 16.2. The van der Waals surface area contributed by atoms with Crippen LogP contribution < -0.4 is 16.4 Å². The average Bonchev–Trinajstić information content (AvgIpc) is 3.13. The Hall–Kier alpha value is -3.19. The Labute approximate surface area is 170 Å². The highest BCUT2D eigenvalue weighted by Crippen LogP contribution is 2.15. The normalized spacial score (nSPS) is 12.1. The molecule has 0 aliphatic carbocycles. The van der Waals surface area contributed by atoms with Gasteiger partial charge in [-0.25, -0.2) is 4.98 Å². The molecule has 152 valence electrons. The van der Waals surface area contributed by atoms with Gasteiger partial charge < -0.3 is 20.9 Å². The number of amides is 2. The molecule has 0 saturated carbocycles. The third-order valence-corrected chi connectivity index (χ3v) is 4.81. The molecule has 3 rings (SSSR count). The van der Waals surface area contributed by atoms with E-state index in [9.17, 15) is 9.59 Å². The van der Waals surface area contributed by atoms with E-state index in [2.05, 4.69) is 26.3 Å². The van der Waals surface area contributed by atoms with Gasteiger partial charge in [-0.2, -0.15) is 0 Å². The summed E-state index contributed by atoms with van der Waals surface area (Å²) in [5.41, 5.74) is 9.93. The quantitative estimate of drug-likeness (QED) is 0.543. The zero-order valence-corrected chi connectivity index (χ0v) is 16.8. The molecule has 0 aliphatic heterocycles. The summed E-state index contributed by atoms with van der Waals surface area (Å²) in [4.78, 5) is 28.3. The summed E-state index contributed by atoms with van der Waals surface area (Å²) in [6, 6.07) is 15.4. The van der Waals surface area contributed by atoms with E-state index >= 15 is 0 Å². The van der Waals surface area contributed by atoms with Gasteiger partial charge in [0.2, 0.25) is 11.8 Å². The van der Waals surface area contributed by atoms with Gasteiger partial charge in [-0.3, -0.25) is 9.59 Å². The lowest BCUT2D eigenvalue weighted by molar-refractivity contribution is -0.127. The number of hydrogen-bond donors (Lipinski definition) is 3. The zero-order valence-electron chi connectivity index (χ0n) is 16.8. The first kappa shape index (κ1) is 20.5. The van der Waals surface area contributed by atoms with Gasteiger partial charge in [0.15, 0.2) is 0 Å². The molecule has 4 N–H and O–H groups in total. The third-order valence-electron chi connectivity index (χ3n) is 4.81. The van der Waals surface area contributed by atoms with Crippen molar-refractivity contribution in [2.45, 2.75) is 33.0 Å². The number of fused-ring (bicyclic) bond motifs is 1. The molecule has 1 atom stereocenters. The van der Waals surface area contributed by atoms with E-state index in [1.165, 1.54) is 0 Å². The minimum absolute atomic E-state index is 0.0217. The Morgan fingerprint density at radius 2 is 1.83 bits per heavy atom. The number of imidazole rings is 1. The monoisotopic (exact) mass is 393 g/mol. The summed E-state index contributed by atoms with van der Waals surface area (Å²) in [5.74, 6) is -0.543. The SMILES string of the molecule is CC(C)[C@H](N)C(=O)NCC(=O)NCc1cccc(Cn2cnc3ccccc32)c1. The topological polar surface area (TPSA) is 102 Å². The first-order valence-corrected chi connectivity index (χ1v) is 9.71. The van der Waals surface area contributed by atoms with Crippen LogP contribution in [0.4, 0.5) is 0 Å². The molecule has 2 aromatic carbocycles. The maximum absolute atomic E-state index is 12.0. The predicted octanol–water partition coefficient (Wildman–Crippen LogP) is 1.80. The van der Waals surface area contributed by atoms with Gasteiger partial charge >= 0.3 is 0 Å². The van der Waals surface area contributed by atoms with Crippen LogP contribution in [0, 0.1) is 5.92 Å². The Morgan fingerprint density at radius 1 is 1.07 bits per heavy atom. The second-order valence-corrected chi connectivity index (χ2v) is 7.45. The highest BCUT2D eigenvalue weighted by Gasteiger charge is 2.17. The smallest absolute Gasteiger partial charge is 0.239 e. The summed E-state index contributed by atoms with van der Waals surface area (Å²) in [6.07, 6.45) is 1.84. The van der Waals surface area contributed by atoms with Gasteiger partial charge in [-0.05, 0) is 29.2 Å². The molecule has 0 radical (unpaired) electrons. The number of rotatable bonds is 8. The average molecular weight is 393 g/mol. The van der Waals surface area contributed by atoms with Crippen LogP contribution in [-0.2, 0) is 22.7 Å². The molecule has 29 heavy (non-hydrogen) atoms. The van der Waals surface area contributed by atoms with E-state index in [4.69, 9.17) is 5.73 Å². The summed E-state index contributed by atoms with van der Waals surface area (Å²) < 4.78 is 2.10. The van der Waals surface area contributed by atoms with Crippen molar-refractivity contribution >= 4 is 22.8 Å². The van der Waals surface area contributed by atoms with E-state index < -0.39 is 6.04 Å². The Bertz CT molecular complexity index is 996. The second kappa shape index (κ2) is 9.34. The number of benzene rings is 2. The summed E-state index contributed by atoms with van der Waals surface area (Å²) in [7, 11) is 0. The van der Waals surface area contributed by atoms with E-state index in [1.54, 1.807) is 0 Å². The zero-order chi connectivity index (χ0) is 20.8. The van der Waals surface area contributed by atoms with E-state index in [1.807, 2.05) is 62.6 Å². The Morgan fingerprint density at radius 3 is 2.62 bits per heavy atom. The minimum atomic E-state index is -0.612. The highest BCUT2D eigenvalue weighted by molar-refractivity contribution is 5.87. The molecule has 7 nitrogen and oxygen atoms in total. The van der Waals surface area contributed by atoms with Gasteiger partial charge in [0.05, 0.1) is 29.9 Å². The molecule has 3 aromatic rings. The number of nitrogens with zero attached hydrogens (tertiary/aromatic N) is 2. The molecular formula is C22H27N5O2. The first-order valence-electron chi connectivity index (χ1n) is 9.71. The van der Waals surface area contributed by atoms with Gasteiger partial charge in [-0.1, -0.05) is 50.2 Å². The van der Waals surface area contributed by atoms with Crippen LogP contribution in [0.2, 0.25) is 0 Å². The van der Waals surface area contributed by atoms with Crippen molar-refractivity contribution in [3.8, 4) is 0 Å². The van der Waals surface area contributed by atoms with Crippen molar-refractivity contribution in [1.82, 2.24) is 20.2 Å². The number of carbonyl (C=O) groups is 2. The third kappa shape index (κ3) is 5.42. The largest absolute Gasteiger partial charge is 0.350 e. The molecule has 0 bridgehead atoms. The second-order valence-electron chi connectivity index (χ2n) is 7.45. The lowest BCUT2D eigenvalue weighted by atomic mass is 10.1. The van der Waals surface area contributed by atoms with Gasteiger partial charge in [0, 0.05) is 13.1 Å². The molecule has 0 spiro atoms. The molecule has 1 heterocycles. The number of carbonyl (C=O) groups excluding carboxylic acids is 2. The maximum atomic E-state index is 12.0. The van der Waals surface area contributed by atoms with Crippen LogP contribution >= 0.6 is 0 Å². The van der Waals surface area contributed by atoms with Crippen LogP contribution in [0.3, 0.4) is 0 Å². The minimum Gasteiger partial charge on any atom is -0.350 e. The van der Waals surface area contributed by atoms with E-state index in [0.717, 1.165) is 22.2 Å². The standard InChI is InChI=1S/C22H27N5O2/c1-15(2)21(23)22(29)25-12-20(28)24-11-16-6-5-7-17(10-16)13-27-14-26-18-8-3-4-9-19(18)27/h3-10,14-15,21H,11-13,23H2,1-2H3,(H,24,28)(H,25,29)/t21-/m0/s1. The number of nitrogens with one attached hydrogen (secondary N) is 2. The first-order chi connectivity index (χ1) is 13.9. The molecule has 0 aliphatic rings. The van der Waals surface area contributed by atoms with Gasteiger partial charge in [0.1, 0.15) is 0 Å². The molecule has 7 heteroatoms. The van der Waals surface area contributed by atoms with Crippen molar-refractivity contribution in [1.29, 1.82) is 0 Å². The molecule has 2 amide bonds. The summed E-state index contributed by atoms with van der Waals surface area (Å²) in [5, 5.41) is 5.40. The number of aromatic nitrogens is 2. The fourth-order valence-corrected chi connectivity index (χ4v) is 3.02. The van der Waals surface area contributed by atoms with E-state index in [-0.39, 0.29) is 24.3 Å². The fraction of sp³-hybridized carbons (Fsp3) is 0.318. The van der Waals surface area contributed by atoms with Crippen LogP contribution in [0.1, 0.15) is 25.0 Å².